The molecule has 0 saturated carbocycles. The van der Waals surface area contributed by atoms with Gasteiger partial charge in [-0.3, -0.25) is 19.3 Å². The molecule has 0 aliphatic carbocycles. The third kappa shape index (κ3) is 7.54. The molecule has 1 unspecified atom stereocenters. The molecule has 0 spiro atoms. The van der Waals surface area contributed by atoms with Crippen molar-refractivity contribution >= 4 is 23.9 Å². The van der Waals surface area contributed by atoms with E-state index in [1.807, 2.05) is 0 Å². The van der Waals surface area contributed by atoms with Crippen LogP contribution in [0.3, 0.4) is 0 Å². The van der Waals surface area contributed by atoms with Gasteiger partial charge in [-0.05, 0) is 33.3 Å². The second-order valence-electron chi connectivity index (χ2n) is 7.46. The first-order valence-corrected chi connectivity index (χ1v) is 9.29. The van der Waals surface area contributed by atoms with Gasteiger partial charge in [0.05, 0.1) is 7.11 Å². The lowest BCUT2D eigenvalue weighted by Gasteiger charge is -2.27. The minimum Gasteiger partial charge on any atom is -0.507 e. The van der Waals surface area contributed by atoms with E-state index in [9.17, 15) is 24.3 Å². The summed E-state index contributed by atoms with van der Waals surface area (Å²) in [4.78, 5) is 49.5. The number of phenolic OH excluding ortho intramolecular Hbond substituents is 1. The van der Waals surface area contributed by atoms with Crippen LogP contribution in [0.5, 0.6) is 5.75 Å². The summed E-state index contributed by atoms with van der Waals surface area (Å²) in [5.74, 6) is -2.60. The number of esters is 1. The smallest absolute Gasteiger partial charge is 0.408 e. The van der Waals surface area contributed by atoms with E-state index in [-0.39, 0.29) is 11.3 Å². The highest BCUT2D eigenvalue weighted by atomic mass is 16.6. The Bertz CT molecular complexity index is 884. The van der Waals surface area contributed by atoms with E-state index in [1.165, 1.54) is 6.07 Å². The predicted molar refractivity (Wildman–Crippen MR) is 111 cm³/mol. The molecule has 3 N–H and O–H groups in total. The molecular weight excluding hydrogens is 406 g/mol. The van der Waals surface area contributed by atoms with Gasteiger partial charge in [0.25, 0.3) is 5.91 Å². The number of aromatic hydroxyl groups is 1. The van der Waals surface area contributed by atoms with Crippen molar-refractivity contribution in [3.63, 3.8) is 0 Å². The first-order chi connectivity index (χ1) is 14.4. The molecule has 10 heteroatoms. The zero-order valence-corrected chi connectivity index (χ0v) is 18.1. The summed E-state index contributed by atoms with van der Waals surface area (Å²) < 4.78 is 9.55. The van der Waals surface area contributed by atoms with E-state index in [0.717, 1.165) is 12.0 Å². The molecule has 0 heterocycles. The second kappa shape index (κ2) is 10.9. The molecule has 0 radical (unpaired) electrons. The van der Waals surface area contributed by atoms with Crippen molar-refractivity contribution in [1.29, 1.82) is 0 Å². The maximum Gasteiger partial charge on any atom is 0.408 e. The Balaban J connectivity index is 3.16. The van der Waals surface area contributed by atoms with E-state index >= 15 is 0 Å². The van der Waals surface area contributed by atoms with Crippen LogP contribution in [0.4, 0.5) is 4.79 Å². The number of hydrogen-bond donors (Lipinski definition) is 3. The van der Waals surface area contributed by atoms with E-state index in [0.29, 0.717) is 5.56 Å². The molecule has 0 aliphatic heterocycles. The molecule has 0 aliphatic rings. The maximum atomic E-state index is 12.8. The molecule has 1 atom stereocenters. The molecular formula is C21H27N3O7. The molecule has 0 aromatic heterocycles. The average Bonchev–Trinajstić information content (AvgIpc) is 2.69. The predicted octanol–water partition coefficient (Wildman–Crippen LogP) is 0.975. The van der Waals surface area contributed by atoms with Crippen molar-refractivity contribution in [2.45, 2.75) is 39.3 Å². The van der Waals surface area contributed by atoms with E-state index in [2.05, 4.69) is 21.4 Å². The minimum absolute atomic E-state index is 0.0472. The van der Waals surface area contributed by atoms with E-state index < -0.39 is 48.6 Å². The van der Waals surface area contributed by atoms with Crippen LogP contribution in [-0.4, -0.2) is 59.7 Å². The standard InChI is InChI=1S/C21H27N3O7/c1-7-24(15(25)11-23-20(29)31-21(3,4)5)17(19(28)22-12-16(26)30-6)14-10-8-9-13(2)18(14)27/h1,8-10,17,27H,11-12H2,2-6H3,(H,22,28)(H,23,29). The fraction of sp³-hybridized carbons (Fsp3) is 0.429. The van der Waals surface area contributed by atoms with Crippen molar-refractivity contribution in [1.82, 2.24) is 15.5 Å². The SMILES string of the molecule is C#CN(C(=O)CNC(=O)OC(C)(C)C)C(C(=O)NCC(=O)OC)c1cccc(C)c1O. The number of nitrogens with zero attached hydrogens (tertiary/aromatic N) is 1. The van der Waals surface area contributed by atoms with Crippen molar-refractivity contribution in [2.24, 2.45) is 0 Å². The largest absolute Gasteiger partial charge is 0.507 e. The lowest BCUT2D eigenvalue weighted by molar-refractivity contribution is -0.142. The van der Waals surface area contributed by atoms with Gasteiger partial charge < -0.3 is 25.2 Å². The van der Waals surface area contributed by atoms with Crippen LogP contribution in [0.2, 0.25) is 0 Å². The van der Waals surface area contributed by atoms with E-state index in [1.54, 1.807) is 39.8 Å². The Morgan fingerprint density at radius 3 is 2.39 bits per heavy atom. The molecule has 168 valence electrons. The molecule has 0 bridgehead atoms. The zero-order valence-electron chi connectivity index (χ0n) is 18.1. The highest BCUT2D eigenvalue weighted by molar-refractivity contribution is 5.93. The molecule has 1 aromatic carbocycles. The van der Waals surface area contributed by atoms with Gasteiger partial charge in [0, 0.05) is 11.6 Å². The number of amides is 3. The molecule has 0 saturated heterocycles. The van der Waals surface area contributed by atoms with Crippen molar-refractivity contribution in [3.05, 3.63) is 29.3 Å². The Kier molecular flexibility index (Phi) is 8.87. The monoisotopic (exact) mass is 433 g/mol. The van der Waals surface area contributed by atoms with Crippen LogP contribution >= 0.6 is 0 Å². The number of nitrogens with one attached hydrogen (secondary N) is 2. The molecule has 1 rings (SSSR count). The Morgan fingerprint density at radius 2 is 1.84 bits per heavy atom. The molecule has 3 amide bonds. The fourth-order valence-electron chi connectivity index (χ4n) is 2.47. The van der Waals surface area contributed by atoms with Crippen LogP contribution in [0.15, 0.2) is 18.2 Å². The van der Waals surface area contributed by atoms with Gasteiger partial charge in [0.1, 0.15) is 24.4 Å². The summed E-state index contributed by atoms with van der Waals surface area (Å²) in [5.41, 5.74) is -0.284. The average molecular weight is 433 g/mol. The maximum absolute atomic E-state index is 12.8. The van der Waals surface area contributed by atoms with Crippen LogP contribution in [0, 0.1) is 19.4 Å². The third-order valence-electron chi connectivity index (χ3n) is 3.90. The normalized spacial score (nSPS) is 11.5. The first-order valence-electron chi connectivity index (χ1n) is 9.29. The number of carbonyl (C=O) groups excluding carboxylic acids is 4. The number of benzene rings is 1. The van der Waals surface area contributed by atoms with Crippen molar-refractivity contribution in [3.8, 4) is 18.2 Å². The lowest BCUT2D eigenvalue weighted by Crippen LogP contribution is -2.46. The van der Waals surface area contributed by atoms with Crippen molar-refractivity contribution < 1.29 is 33.8 Å². The summed E-state index contributed by atoms with van der Waals surface area (Å²) in [6.45, 7) is 5.54. The van der Waals surface area contributed by atoms with Crippen LogP contribution in [-0.2, 0) is 23.9 Å². The number of ether oxygens (including phenoxy) is 2. The summed E-state index contributed by atoms with van der Waals surface area (Å²) in [6.07, 6.45) is 4.64. The number of terminal acetylenes is 1. The topological polar surface area (TPSA) is 134 Å². The third-order valence-corrected chi connectivity index (χ3v) is 3.90. The van der Waals surface area contributed by atoms with Gasteiger partial charge in [-0.25, -0.2) is 4.79 Å². The van der Waals surface area contributed by atoms with Crippen LogP contribution in [0.1, 0.15) is 37.9 Å². The molecule has 31 heavy (non-hydrogen) atoms. The van der Waals surface area contributed by atoms with Gasteiger partial charge in [-0.2, -0.15) is 0 Å². The number of phenols is 1. The second-order valence-corrected chi connectivity index (χ2v) is 7.46. The number of hydrogen-bond acceptors (Lipinski definition) is 7. The highest BCUT2D eigenvalue weighted by Gasteiger charge is 2.33. The molecule has 10 nitrogen and oxygen atoms in total. The van der Waals surface area contributed by atoms with Gasteiger partial charge in [0.15, 0.2) is 6.04 Å². The summed E-state index contributed by atoms with van der Waals surface area (Å²) >= 11 is 0. The minimum atomic E-state index is -1.47. The number of carbonyl (C=O) groups is 4. The highest BCUT2D eigenvalue weighted by Crippen LogP contribution is 2.31. The van der Waals surface area contributed by atoms with Crippen LogP contribution < -0.4 is 10.6 Å². The quantitative estimate of drug-likeness (QED) is 0.331. The Hall–Kier alpha value is -3.74. The number of alkyl carbamates (subject to hydrolysis) is 1. The van der Waals surface area contributed by atoms with Gasteiger partial charge in [-0.15, -0.1) is 0 Å². The number of para-hydroxylation sites is 1. The number of aryl methyl sites for hydroxylation is 1. The Labute approximate surface area is 180 Å². The van der Waals surface area contributed by atoms with E-state index in [4.69, 9.17) is 11.2 Å². The summed E-state index contributed by atoms with van der Waals surface area (Å²) in [5, 5.41) is 15.0. The fourth-order valence-corrected chi connectivity index (χ4v) is 2.47. The Morgan fingerprint density at radius 1 is 1.19 bits per heavy atom. The molecule has 0 fully saturated rings. The number of rotatable bonds is 7. The van der Waals surface area contributed by atoms with Crippen LogP contribution in [0.25, 0.3) is 0 Å². The lowest BCUT2D eigenvalue weighted by atomic mass is 10.0. The van der Waals surface area contributed by atoms with Crippen molar-refractivity contribution in [2.75, 3.05) is 20.2 Å². The number of methoxy groups -OCH3 is 1. The zero-order chi connectivity index (χ0) is 23.8. The first kappa shape index (κ1) is 25.3. The van der Waals surface area contributed by atoms with Gasteiger partial charge in [0.2, 0.25) is 5.91 Å². The van der Waals surface area contributed by atoms with Gasteiger partial charge >= 0.3 is 12.1 Å². The summed E-state index contributed by atoms with van der Waals surface area (Å²) in [6, 6.07) is 5.23. The molecule has 1 aromatic rings. The summed E-state index contributed by atoms with van der Waals surface area (Å²) in [7, 11) is 1.15. The van der Waals surface area contributed by atoms with Gasteiger partial charge in [-0.1, -0.05) is 24.6 Å².